The van der Waals surface area contributed by atoms with Crippen molar-refractivity contribution in [2.24, 2.45) is 5.92 Å². The molecule has 0 saturated carbocycles. The zero-order valence-electron chi connectivity index (χ0n) is 13.7. The Kier molecular flexibility index (Phi) is 4.66. The summed E-state index contributed by atoms with van der Waals surface area (Å²) in [5.41, 5.74) is 1.01. The highest BCUT2D eigenvalue weighted by atomic mass is 19.1. The van der Waals surface area contributed by atoms with E-state index in [-0.39, 0.29) is 11.7 Å². The molecule has 124 valence electrons. The van der Waals surface area contributed by atoms with Crippen LogP contribution in [0.25, 0.3) is 11.0 Å². The van der Waals surface area contributed by atoms with Gasteiger partial charge in [0.1, 0.15) is 17.7 Å². The molecule has 1 aliphatic rings. The highest BCUT2D eigenvalue weighted by Gasteiger charge is 2.29. The van der Waals surface area contributed by atoms with Crippen LogP contribution in [0.1, 0.15) is 30.6 Å². The van der Waals surface area contributed by atoms with Crippen LogP contribution in [0.5, 0.6) is 0 Å². The first-order valence-corrected chi connectivity index (χ1v) is 8.30. The number of rotatable bonds is 5. The summed E-state index contributed by atoms with van der Waals surface area (Å²) in [6.45, 7) is 8.93. The minimum atomic E-state index is -0.353. The minimum Gasteiger partial charge on any atom is -0.463 e. The van der Waals surface area contributed by atoms with Crippen LogP contribution in [0.2, 0.25) is 0 Å². The van der Waals surface area contributed by atoms with Crippen molar-refractivity contribution in [1.29, 1.82) is 0 Å². The Bertz CT molecular complexity index is 693. The van der Waals surface area contributed by atoms with Gasteiger partial charge in [0.15, 0.2) is 0 Å². The third-order valence-corrected chi connectivity index (χ3v) is 4.75. The number of amides is 1. The van der Waals surface area contributed by atoms with Gasteiger partial charge < -0.3 is 14.2 Å². The van der Waals surface area contributed by atoms with E-state index < -0.39 is 0 Å². The summed E-state index contributed by atoms with van der Waals surface area (Å²) in [6.07, 6.45) is 2.47. The summed E-state index contributed by atoms with van der Waals surface area (Å²) in [5.74, 6) is 0.0962. The second kappa shape index (κ2) is 6.71. The molecule has 2 aromatic rings. The maximum absolute atomic E-state index is 13.4. The van der Waals surface area contributed by atoms with Crippen molar-refractivity contribution in [2.75, 3.05) is 32.7 Å². The first-order valence-electron chi connectivity index (χ1n) is 8.30. The van der Waals surface area contributed by atoms with Crippen molar-refractivity contribution in [3.8, 4) is 0 Å². The predicted molar refractivity (Wildman–Crippen MR) is 88.0 cm³/mol. The Balaban J connectivity index is 1.72. The second-order valence-corrected chi connectivity index (χ2v) is 6.18. The smallest absolute Gasteiger partial charge is 0.257 e. The Morgan fingerprint density at radius 2 is 2.17 bits per heavy atom. The topological polar surface area (TPSA) is 36.7 Å². The van der Waals surface area contributed by atoms with Crippen LogP contribution in [0.4, 0.5) is 4.39 Å². The molecule has 1 atom stereocenters. The molecule has 0 radical (unpaired) electrons. The third kappa shape index (κ3) is 3.24. The molecule has 1 aromatic heterocycles. The molecular formula is C18H23FN2O2. The van der Waals surface area contributed by atoms with Gasteiger partial charge in [0.25, 0.3) is 5.91 Å². The van der Waals surface area contributed by atoms with Crippen LogP contribution in [0.3, 0.4) is 0 Å². The molecule has 0 spiro atoms. The van der Waals surface area contributed by atoms with Crippen molar-refractivity contribution in [2.45, 2.75) is 20.3 Å². The van der Waals surface area contributed by atoms with Gasteiger partial charge in [-0.25, -0.2) is 4.39 Å². The molecule has 1 fully saturated rings. The number of halogens is 1. The zero-order valence-corrected chi connectivity index (χ0v) is 13.7. The van der Waals surface area contributed by atoms with Gasteiger partial charge in [-0.2, -0.15) is 0 Å². The van der Waals surface area contributed by atoms with E-state index in [0.29, 0.717) is 22.5 Å². The lowest BCUT2D eigenvalue weighted by molar-refractivity contribution is 0.0785. The predicted octanol–water partition coefficient (Wildman–Crippen LogP) is 3.38. The summed E-state index contributed by atoms with van der Waals surface area (Å²) < 4.78 is 18.8. The van der Waals surface area contributed by atoms with Gasteiger partial charge >= 0.3 is 0 Å². The molecule has 23 heavy (non-hydrogen) atoms. The molecule has 3 rings (SSSR count). The summed E-state index contributed by atoms with van der Waals surface area (Å²) in [5, 5.41) is 0.558. The van der Waals surface area contributed by atoms with Crippen molar-refractivity contribution < 1.29 is 13.6 Å². The number of carbonyl (C=O) groups is 1. The van der Waals surface area contributed by atoms with Crippen molar-refractivity contribution >= 4 is 16.9 Å². The number of carbonyl (C=O) groups excluding carboxylic acids is 1. The third-order valence-electron chi connectivity index (χ3n) is 4.75. The first kappa shape index (κ1) is 16.0. The number of hydrogen-bond donors (Lipinski definition) is 0. The number of benzene rings is 1. The molecule has 0 bridgehead atoms. The monoisotopic (exact) mass is 318 g/mol. The molecule has 0 N–H and O–H groups in total. The number of likely N-dealkylation sites (tertiary alicyclic amines) is 1. The number of nitrogens with zero attached hydrogens (tertiary/aromatic N) is 2. The Morgan fingerprint density at radius 3 is 2.91 bits per heavy atom. The van der Waals surface area contributed by atoms with Crippen LogP contribution in [0.15, 0.2) is 28.9 Å². The average Bonchev–Trinajstić information content (AvgIpc) is 3.18. The largest absolute Gasteiger partial charge is 0.463 e. The summed E-state index contributed by atoms with van der Waals surface area (Å²) >= 11 is 0. The quantitative estimate of drug-likeness (QED) is 0.848. The van der Waals surface area contributed by atoms with E-state index in [9.17, 15) is 9.18 Å². The van der Waals surface area contributed by atoms with E-state index >= 15 is 0 Å². The fourth-order valence-corrected chi connectivity index (χ4v) is 3.35. The zero-order chi connectivity index (χ0) is 16.4. The van der Waals surface area contributed by atoms with Gasteiger partial charge in [-0.3, -0.25) is 4.79 Å². The Labute approximate surface area is 135 Å². The lowest BCUT2D eigenvalue weighted by Crippen LogP contribution is -2.33. The standard InChI is InChI=1S/C18H23FN2O2/c1-3-20(4-2)10-13-7-8-21(11-13)18(22)16-12-23-17-6-5-14(19)9-15(16)17/h5-6,9,12-13H,3-4,7-8,10-11H2,1-2H3. The minimum absolute atomic E-state index is 0.0589. The fraction of sp³-hybridized carbons (Fsp3) is 0.500. The fourth-order valence-electron chi connectivity index (χ4n) is 3.35. The highest BCUT2D eigenvalue weighted by Crippen LogP contribution is 2.26. The molecule has 1 amide bonds. The highest BCUT2D eigenvalue weighted by molar-refractivity contribution is 6.06. The lowest BCUT2D eigenvalue weighted by Gasteiger charge is -2.22. The molecule has 1 saturated heterocycles. The molecule has 1 unspecified atom stereocenters. The van der Waals surface area contributed by atoms with Crippen LogP contribution >= 0.6 is 0 Å². The molecule has 0 aliphatic carbocycles. The number of furan rings is 1. The number of hydrogen-bond acceptors (Lipinski definition) is 3. The van der Waals surface area contributed by atoms with Crippen LogP contribution < -0.4 is 0 Å². The van der Waals surface area contributed by atoms with E-state index in [4.69, 9.17) is 4.42 Å². The van der Waals surface area contributed by atoms with Gasteiger partial charge in [-0.1, -0.05) is 13.8 Å². The van der Waals surface area contributed by atoms with Gasteiger partial charge in [0.2, 0.25) is 0 Å². The molecule has 5 heteroatoms. The van der Waals surface area contributed by atoms with Crippen LogP contribution in [-0.4, -0.2) is 48.4 Å². The molecule has 1 aliphatic heterocycles. The molecule has 2 heterocycles. The van der Waals surface area contributed by atoms with E-state index in [2.05, 4.69) is 18.7 Å². The van der Waals surface area contributed by atoms with Crippen LogP contribution in [-0.2, 0) is 0 Å². The van der Waals surface area contributed by atoms with Gasteiger partial charge in [-0.15, -0.1) is 0 Å². The second-order valence-electron chi connectivity index (χ2n) is 6.18. The van der Waals surface area contributed by atoms with Gasteiger partial charge in [-0.05, 0) is 43.6 Å². The van der Waals surface area contributed by atoms with Crippen molar-refractivity contribution in [1.82, 2.24) is 9.80 Å². The maximum atomic E-state index is 13.4. The van der Waals surface area contributed by atoms with E-state index in [0.717, 1.165) is 39.1 Å². The normalized spacial score (nSPS) is 18.3. The molecule has 4 nitrogen and oxygen atoms in total. The first-order chi connectivity index (χ1) is 11.1. The molecular weight excluding hydrogens is 295 g/mol. The Hall–Kier alpha value is -1.88. The summed E-state index contributed by atoms with van der Waals surface area (Å²) in [7, 11) is 0. The van der Waals surface area contributed by atoms with Crippen molar-refractivity contribution in [3.63, 3.8) is 0 Å². The summed E-state index contributed by atoms with van der Waals surface area (Å²) in [6, 6.07) is 4.28. The maximum Gasteiger partial charge on any atom is 0.257 e. The van der Waals surface area contributed by atoms with Gasteiger partial charge in [0.05, 0.1) is 5.56 Å². The van der Waals surface area contributed by atoms with E-state index in [1.165, 1.54) is 18.4 Å². The SMILES string of the molecule is CCN(CC)CC1CCN(C(=O)c2coc3ccc(F)cc23)C1. The van der Waals surface area contributed by atoms with Crippen molar-refractivity contribution in [3.05, 3.63) is 35.8 Å². The summed E-state index contributed by atoms with van der Waals surface area (Å²) in [4.78, 5) is 17.0. The number of fused-ring (bicyclic) bond motifs is 1. The van der Waals surface area contributed by atoms with E-state index in [1.54, 1.807) is 6.07 Å². The van der Waals surface area contributed by atoms with Gasteiger partial charge in [0, 0.05) is 25.0 Å². The van der Waals surface area contributed by atoms with Crippen LogP contribution in [0, 0.1) is 11.7 Å². The lowest BCUT2D eigenvalue weighted by atomic mass is 10.1. The molecule has 1 aromatic carbocycles. The Morgan fingerprint density at radius 1 is 1.39 bits per heavy atom. The average molecular weight is 318 g/mol. The van der Waals surface area contributed by atoms with E-state index in [1.807, 2.05) is 4.90 Å².